The first-order valence-electron chi connectivity index (χ1n) is 8.54. The minimum absolute atomic E-state index is 0.135. The van der Waals surface area contributed by atoms with Gasteiger partial charge < -0.3 is 14.5 Å². The van der Waals surface area contributed by atoms with Crippen LogP contribution in [0.4, 0.5) is 0 Å². The van der Waals surface area contributed by atoms with Crippen molar-refractivity contribution in [2.75, 3.05) is 13.2 Å². The van der Waals surface area contributed by atoms with E-state index in [1.807, 2.05) is 19.1 Å². The van der Waals surface area contributed by atoms with E-state index in [0.29, 0.717) is 16.8 Å². The van der Waals surface area contributed by atoms with Crippen LogP contribution in [0.5, 0.6) is 0 Å². The summed E-state index contributed by atoms with van der Waals surface area (Å²) in [5, 5.41) is 0. The zero-order chi connectivity index (χ0) is 19.3. The maximum Gasteiger partial charge on any atom is 0.340 e. The zero-order valence-corrected chi connectivity index (χ0v) is 15.5. The lowest BCUT2D eigenvalue weighted by molar-refractivity contribution is -0.142. The molecule has 0 aliphatic rings. The van der Waals surface area contributed by atoms with E-state index in [1.54, 1.807) is 32.9 Å². The summed E-state index contributed by atoms with van der Waals surface area (Å²) >= 11 is 0. The molecular formula is C20H23NO5. The van der Waals surface area contributed by atoms with E-state index in [9.17, 15) is 14.4 Å². The Morgan fingerprint density at radius 2 is 1.58 bits per heavy atom. The van der Waals surface area contributed by atoms with Crippen molar-refractivity contribution in [2.24, 2.45) is 0 Å². The number of benzene rings is 1. The summed E-state index contributed by atoms with van der Waals surface area (Å²) in [6.07, 6.45) is -0.135. The van der Waals surface area contributed by atoms with E-state index in [4.69, 9.17) is 9.47 Å². The fraction of sp³-hybridized carbons (Fsp3) is 0.350. The molecule has 0 saturated heterocycles. The number of carbonyl (C=O) groups excluding carboxylic acids is 3. The second kappa shape index (κ2) is 8.47. The first-order chi connectivity index (χ1) is 12.4. The third-order valence-corrected chi connectivity index (χ3v) is 3.97. The predicted octanol–water partition coefficient (Wildman–Crippen LogP) is 3.14. The van der Waals surface area contributed by atoms with Gasteiger partial charge in [-0.1, -0.05) is 29.8 Å². The van der Waals surface area contributed by atoms with Crippen LogP contribution in [0.2, 0.25) is 0 Å². The summed E-state index contributed by atoms with van der Waals surface area (Å²) in [5.74, 6) is -1.29. The van der Waals surface area contributed by atoms with Crippen LogP contribution in [-0.2, 0) is 20.7 Å². The quantitative estimate of drug-likeness (QED) is 0.608. The van der Waals surface area contributed by atoms with E-state index in [1.165, 1.54) is 0 Å². The van der Waals surface area contributed by atoms with Crippen molar-refractivity contribution >= 4 is 17.7 Å². The van der Waals surface area contributed by atoms with Gasteiger partial charge in [0, 0.05) is 11.3 Å². The lowest BCUT2D eigenvalue weighted by atomic mass is 10.0. The van der Waals surface area contributed by atoms with Crippen LogP contribution in [-0.4, -0.2) is 35.9 Å². The number of esters is 2. The van der Waals surface area contributed by atoms with Crippen molar-refractivity contribution in [3.8, 4) is 0 Å². The number of ketones is 1. The molecule has 2 rings (SSSR count). The Balaban J connectivity index is 2.46. The Morgan fingerprint density at radius 3 is 2.15 bits per heavy atom. The molecule has 1 heterocycles. The number of H-pyrrole nitrogens is 1. The highest BCUT2D eigenvalue weighted by atomic mass is 16.5. The van der Waals surface area contributed by atoms with Crippen LogP contribution in [0.15, 0.2) is 24.3 Å². The van der Waals surface area contributed by atoms with E-state index in [-0.39, 0.29) is 36.7 Å². The van der Waals surface area contributed by atoms with Crippen molar-refractivity contribution in [3.05, 3.63) is 57.9 Å². The summed E-state index contributed by atoms with van der Waals surface area (Å²) in [4.78, 5) is 40.0. The maximum absolute atomic E-state index is 12.8. The molecule has 138 valence electrons. The Morgan fingerprint density at radius 1 is 0.962 bits per heavy atom. The van der Waals surface area contributed by atoms with Crippen molar-refractivity contribution in [2.45, 2.75) is 34.1 Å². The maximum atomic E-state index is 12.8. The molecule has 0 amide bonds. The van der Waals surface area contributed by atoms with Crippen molar-refractivity contribution in [1.82, 2.24) is 4.98 Å². The number of hydrogen-bond donors (Lipinski definition) is 1. The molecule has 0 atom stereocenters. The number of ether oxygens (including phenoxy) is 2. The van der Waals surface area contributed by atoms with Gasteiger partial charge in [0.15, 0.2) is 0 Å². The van der Waals surface area contributed by atoms with Gasteiger partial charge >= 0.3 is 11.9 Å². The average molecular weight is 357 g/mol. The molecule has 1 N–H and O–H groups in total. The number of aryl methyl sites for hydroxylation is 1. The highest BCUT2D eigenvalue weighted by Crippen LogP contribution is 2.23. The molecule has 0 radical (unpaired) electrons. The van der Waals surface area contributed by atoms with Gasteiger partial charge in [-0.05, 0) is 33.3 Å². The normalized spacial score (nSPS) is 10.5. The largest absolute Gasteiger partial charge is 0.466 e. The number of aromatic amines is 1. The van der Waals surface area contributed by atoms with Gasteiger partial charge in [-0.3, -0.25) is 9.59 Å². The molecule has 6 nitrogen and oxygen atoms in total. The van der Waals surface area contributed by atoms with Gasteiger partial charge in [-0.25, -0.2) is 4.79 Å². The predicted molar refractivity (Wildman–Crippen MR) is 96.4 cm³/mol. The lowest BCUT2D eigenvalue weighted by Gasteiger charge is -2.05. The van der Waals surface area contributed by atoms with Gasteiger partial charge in [0.1, 0.15) is 0 Å². The fourth-order valence-corrected chi connectivity index (χ4v) is 2.70. The first-order valence-corrected chi connectivity index (χ1v) is 8.54. The molecule has 2 aromatic rings. The molecule has 0 saturated carbocycles. The second-order valence-corrected chi connectivity index (χ2v) is 5.88. The molecule has 1 aromatic carbocycles. The van der Waals surface area contributed by atoms with E-state index in [2.05, 4.69) is 4.98 Å². The molecule has 0 spiro atoms. The highest BCUT2D eigenvalue weighted by molar-refractivity contribution is 6.10. The summed E-state index contributed by atoms with van der Waals surface area (Å²) in [5.41, 5.74) is 2.83. The van der Waals surface area contributed by atoms with Crippen molar-refractivity contribution < 1.29 is 23.9 Å². The Kier molecular flexibility index (Phi) is 6.33. The summed E-state index contributed by atoms with van der Waals surface area (Å²) in [6, 6.07) is 7.15. The Labute approximate surface area is 152 Å². The van der Waals surface area contributed by atoms with Gasteiger partial charge in [0.25, 0.3) is 0 Å². The molecule has 1 aromatic heterocycles. The number of aromatic nitrogens is 1. The smallest absolute Gasteiger partial charge is 0.340 e. The molecule has 0 fully saturated rings. The Hall–Kier alpha value is -2.89. The number of hydrogen-bond acceptors (Lipinski definition) is 5. The molecule has 0 aliphatic carbocycles. The average Bonchev–Trinajstić information content (AvgIpc) is 2.91. The molecule has 0 unspecified atom stereocenters. The molecule has 6 heteroatoms. The van der Waals surface area contributed by atoms with E-state index in [0.717, 1.165) is 5.56 Å². The fourth-order valence-electron chi connectivity index (χ4n) is 2.70. The molecular weight excluding hydrogens is 334 g/mol. The zero-order valence-electron chi connectivity index (χ0n) is 15.5. The first kappa shape index (κ1) is 19.4. The summed E-state index contributed by atoms with van der Waals surface area (Å²) in [6.45, 7) is 7.44. The third kappa shape index (κ3) is 4.20. The van der Waals surface area contributed by atoms with Gasteiger partial charge in [0.05, 0.1) is 30.9 Å². The second-order valence-electron chi connectivity index (χ2n) is 5.88. The topological polar surface area (TPSA) is 85.5 Å². The number of carbonyl (C=O) groups is 3. The van der Waals surface area contributed by atoms with Crippen molar-refractivity contribution in [3.63, 3.8) is 0 Å². The summed E-state index contributed by atoms with van der Waals surface area (Å²) in [7, 11) is 0. The van der Waals surface area contributed by atoms with Crippen LogP contribution in [0.3, 0.4) is 0 Å². The molecule has 0 bridgehead atoms. The van der Waals surface area contributed by atoms with E-state index >= 15 is 0 Å². The number of rotatable bonds is 7. The van der Waals surface area contributed by atoms with Crippen LogP contribution in [0, 0.1) is 13.8 Å². The van der Waals surface area contributed by atoms with Crippen molar-refractivity contribution in [1.29, 1.82) is 0 Å². The van der Waals surface area contributed by atoms with Gasteiger partial charge in [0.2, 0.25) is 5.78 Å². The monoisotopic (exact) mass is 357 g/mol. The molecule has 26 heavy (non-hydrogen) atoms. The van der Waals surface area contributed by atoms with E-state index < -0.39 is 11.9 Å². The van der Waals surface area contributed by atoms with Crippen LogP contribution < -0.4 is 0 Å². The minimum Gasteiger partial charge on any atom is -0.466 e. The van der Waals surface area contributed by atoms with Crippen LogP contribution >= 0.6 is 0 Å². The lowest BCUT2D eigenvalue weighted by Crippen LogP contribution is -2.13. The van der Waals surface area contributed by atoms with Crippen LogP contribution in [0.1, 0.15) is 57.1 Å². The highest BCUT2D eigenvalue weighted by Gasteiger charge is 2.26. The standard InChI is InChI=1S/C20H23NO5/c1-5-25-16(22)11-15-17(20(24)26-6-2)13(4)18(21-15)19(23)14-9-7-12(3)8-10-14/h7-10,21H,5-6,11H2,1-4H3. The van der Waals surface area contributed by atoms with Gasteiger partial charge in [-0.15, -0.1) is 0 Å². The minimum atomic E-state index is -0.566. The summed E-state index contributed by atoms with van der Waals surface area (Å²) < 4.78 is 10.0. The third-order valence-electron chi connectivity index (χ3n) is 3.97. The Bertz CT molecular complexity index is 817. The SMILES string of the molecule is CCOC(=O)Cc1[nH]c(C(=O)c2ccc(C)cc2)c(C)c1C(=O)OCC. The van der Waals surface area contributed by atoms with Crippen LogP contribution in [0.25, 0.3) is 0 Å². The van der Waals surface area contributed by atoms with Gasteiger partial charge in [-0.2, -0.15) is 0 Å². The number of nitrogens with one attached hydrogen (secondary N) is 1. The molecule has 0 aliphatic heterocycles.